The molecule has 0 heterocycles. The molecule has 4 nitrogen and oxygen atoms in total. The smallest absolute Gasteiger partial charge is 0.269 e. The average Bonchev–Trinajstić information content (AvgIpc) is 1.91. The molecule has 0 amide bonds. The summed E-state index contributed by atoms with van der Waals surface area (Å²) in [6.45, 7) is 0. The Bertz CT molecular complexity index is 374. The quantitative estimate of drug-likeness (QED) is 0.548. The van der Waals surface area contributed by atoms with E-state index in [0.29, 0.717) is 0 Å². The third kappa shape index (κ3) is 4.64. The molecule has 0 aromatic heterocycles. The van der Waals surface area contributed by atoms with Crippen molar-refractivity contribution in [1.29, 1.82) is 0 Å². The SMILES string of the molecule is O=S(=O)(O)Cc1ccccc1O.[Na]. The standard InChI is InChI=1S/C7H8O4S.Na/c8-7-4-2-1-3-6(7)5-12(9,10)11;/h1-4,8H,5H2,(H,9,10,11);. The molecule has 0 aliphatic carbocycles. The van der Waals surface area contributed by atoms with E-state index >= 15 is 0 Å². The number of para-hydroxylation sites is 1. The van der Waals surface area contributed by atoms with E-state index in [1.54, 1.807) is 12.1 Å². The van der Waals surface area contributed by atoms with Crippen LogP contribution in [0.3, 0.4) is 0 Å². The monoisotopic (exact) mass is 211 g/mol. The maximum atomic E-state index is 10.4. The van der Waals surface area contributed by atoms with Gasteiger partial charge in [0.25, 0.3) is 10.1 Å². The summed E-state index contributed by atoms with van der Waals surface area (Å²) in [5, 5.41) is 9.10. The van der Waals surface area contributed by atoms with Crippen LogP contribution in [-0.2, 0) is 15.9 Å². The van der Waals surface area contributed by atoms with E-state index < -0.39 is 15.9 Å². The van der Waals surface area contributed by atoms with Crippen LogP contribution in [0.2, 0.25) is 0 Å². The fraction of sp³-hybridized carbons (Fsp3) is 0.143. The Morgan fingerprint density at radius 1 is 1.23 bits per heavy atom. The maximum absolute atomic E-state index is 10.4. The molecule has 6 heteroatoms. The first kappa shape index (κ1) is 12.9. The summed E-state index contributed by atoms with van der Waals surface area (Å²) >= 11 is 0. The van der Waals surface area contributed by atoms with Gasteiger partial charge in [-0.05, 0) is 6.07 Å². The number of aromatic hydroxyl groups is 1. The van der Waals surface area contributed by atoms with E-state index in [2.05, 4.69) is 0 Å². The molecule has 2 N–H and O–H groups in total. The third-order valence-electron chi connectivity index (χ3n) is 1.33. The van der Waals surface area contributed by atoms with Crippen molar-refractivity contribution in [2.45, 2.75) is 5.75 Å². The molecule has 1 rings (SSSR count). The number of benzene rings is 1. The zero-order valence-corrected chi connectivity index (χ0v) is 9.95. The van der Waals surface area contributed by atoms with Gasteiger partial charge in [-0.25, -0.2) is 0 Å². The number of hydrogen-bond donors (Lipinski definition) is 2. The van der Waals surface area contributed by atoms with Gasteiger partial charge in [0.15, 0.2) is 0 Å². The average molecular weight is 211 g/mol. The minimum absolute atomic E-state index is 0. The summed E-state index contributed by atoms with van der Waals surface area (Å²) in [6.07, 6.45) is 0. The van der Waals surface area contributed by atoms with Crippen molar-refractivity contribution in [2.24, 2.45) is 0 Å². The minimum atomic E-state index is -4.06. The van der Waals surface area contributed by atoms with Crippen molar-refractivity contribution in [2.75, 3.05) is 0 Å². The fourth-order valence-corrected chi connectivity index (χ4v) is 1.47. The minimum Gasteiger partial charge on any atom is -0.508 e. The predicted molar refractivity (Wildman–Crippen MR) is 49.1 cm³/mol. The van der Waals surface area contributed by atoms with E-state index in [0.717, 1.165) is 0 Å². The van der Waals surface area contributed by atoms with Gasteiger partial charge in [-0.3, -0.25) is 4.55 Å². The van der Waals surface area contributed by atoms with Gasteiger partial charge in [0.2, 0.25) is 0 Å². The van der Waals surface area contributed by atoms with Crippen LogP contribution in [-0.4, -0.2) is 47.6 Å². The van der Waals surface area contributed by atoms with Crippen molar-refractivity contribution in [1.82, 2.24) is 0 Å². The van der Waals surface area contributed by atoms with Gasteiger partial charge in [-0.2, -0.15) is 8.42 Å². The van der Waals surface area contributed by atoms with Crippen molar-refractivity contribution in [3.05, 3.63) is 29.8 Å². The number of rotatable bonds is 2. The molecule has 0 spiro atoms. The van der Waals surface area contributed by atoms with Crippen molar-refractivity contribution in [3.8, 4) is 5.75 Å². The number of phenols is 1. The van der Waals surface area contributed by atoms with Crippen molar-refractivity contribution >= 4 is 39.7 Å². The molecule has 0 fully saturated rings. The molecule has 0 bridgehead atoms. The molecule has 0 aliphatic heterocycles. The summed E-state index contributed by atoms with van der Waals surface area (Å²) < 4.78 is 29.3. The van der Waals surface area contributed by atoms with Crippen LogP contribution >= 0.6 is 0 Å². The Hall–Kier alpha value is -0.0700. The van der Waals surface area contributed by atoms with Crippen LogP contribution < -0.4 is 0 Å². The van der Waals surface area contributed by atoms with Crippen LogP contribution in [0.4, 0.5) is 0 Å². The van der Waals surface area contributed by atoms with Gasteiger partial charge in [-0.15, -0.1) is 0 Å². The Morgan fingerprint density at radius 2 is 1.77 bits per heavy atom. The third-order valence-corrected chi connectivity index (χ3v) is 2.01. The first-order valence-electron chi connectivity index (χ1n) is 3.21. The Kier molecular flexibility index (Phi) is 4.95. The largest absolute Gasteiger partial charge is 0.508 e. The van der Waals surface area contributed by atoms with E-state index in [-0.39, 0.29) is 40.9 Å². The van der Waals surface area contributed by atoms with Crippen LogP contribution in [0.5, 0.6) is 5.75 Å². The molecule has 1 aromatic rings. The van der Waals surface area contributed by atoms with Crippen LogP contribution in [0, 0.1) is 0 Å². The van der Waals surface area contributed by atoms with E-state index in [9.17, 15) is 8.42 Å². The van der Waals surface area contributed by atoms with Crippen LogP contribution in [0.25, 0.3) is 0 Å². The Balaban J connectivity index is 0.00000144. The number of hydrogen-bond acceptors (Lipinski definition) is 3. The molecule has 1 radical (unpaired) electrons. The molecule has 0 saturated heterocycles. The molecular formula is C7H8NaO4S. The summed E-state index contributed by atoms with van der Waals surface area (Å²) in [7, 11) is -4.06. The zero-order chi connectivity index (χ0) is 9.19. The van der Waals surface area contributed by atoms with Crippen molar-refractivity contribution < 1.29 is 18.1 Å². The van der Waals surface area contributed by atoms with Gasteiger partial charge in [0.05, 0.1) is 0 Å². The first-order valence-corrected chi connectivity index (χ1v) is 4.82. The molecule has 1 aromatic carbocycles. The second kappa shape index (κ2) is 4.97. The topological polar surface area (TPSA) is 74.6 Å². The molecular weight excluding hydrogens is 203 g/mol. The fourth-order valence-electron chi connectivity index (χ4n) is 0.829. The normalized spacial score (nSPS) is 10.5. The van der Waals surface area contributed by atoms with E-state index in [1.165, 1.54) is 12.1 Å². The Labute approximate surface area is 98.6 Å². The Morgan fingerprint density at radius 3 is 2.23 bits per heavy atom. The van der Waals surface area contributed by atoms with Gasteiger partial charge < -0.3 is 5.11 Å². The van der Waals surface area contributed by atoms with Gasteiger partial charge >= 0.3 is 0 Å². The first-order chi connectivity index (χ1) is 5.49. The van der Waals surface area contributed by atoms with Crippen LogP contribution in [0.1, 0.15) is 5.56 Å². The second-order valence-corrected chi connectivity index (χ2v) is 3.81. The summed E-state index contributed by atoms with van der Waals surface area (Å²) in [5.74, 6) is -0.685. The zero-order valence-electron chi connectivity index (χ0n) is 7.14. The molecule has 0 unspecified atom stereocenters. The van der Waals surface area contributed by atoms with Gasteiger partial charge in [0.1, 0.15) is 11.5 Å². The molecule has 0 saturated carbocycles. The molecule has 0 atom stereocenters. The molecule has 0 aliphatic rings. The van der Waals surface area contributed by atoms with Crippen LogP contribution in [0.15, 0.2) is 24.3 Å². The summed E-state index contributed by atoms with van der Waals surface area (Å²) in [6, 6.07) is 5.95. The van der Waals surface area contributed by atoms with Crippen molar-refractivity contribution in [3.63, 3.8) is 0 Å². The predicted octanol–water partition coefficient (Wildman–Crippen LogP) is 0.399. The van der Waals surface area contributed by atoms with Gasteiger partial charge in [0, 0.05) is 35.1 Å². The summed E-state index contributed by atoms with van der Waals surface area (Å²) in [5.41, 5.74) is 0.194. The maximum Gasteiger partial charge on any atom is 0.269 e. The van der Waals surface area contributed by atoms with E-state index in [1.807, 2.05) is 0 Å². The van der Waals surface area contributed by atoms with Gasteiger partial charge in [-0.1, -0.05) is 18.2 Å². The summed E-state index contributed by atoms with van der Waals surface area (Å²) in [4.78, 5) is 0. The molecule has 13 heavy (non-hydrogen) atoms. The second-order valence-electron chi connectivity index (χ2n) is 2.35. The molecule has 67 valence electrons. The number of phenolic OH excluding ortho intramolecular Hbond substituents is 1. The van der Waals surface area contributed by atoms with E-state index in [4.69, 9.17) is 9.66 Å².